The molecule has 0 bridgehead atoms. The van der Waals surface area contributed by atoms with Gasteiger partial charge in [-0.1, -0.05) is 31.0 Å². The van der Waals surface area contributed by atoms with Crippen LogP contribution in [0.3, 0.4) is 0 Å². The van der Waals surface area contributed by atoms with Crippen LogP contribution in [0.1, 0.15) is 32.1 Å². The molecule has 1 aliphatic rings. The molecule has 2 rings (SSSR count). The number of para-hydroxylation sites is 1. The Hall–Kier alpha value is -0.820. The maximum Gasteiger partial charge on any atom is 0.193 e. The minimum absolute atomic E-state index is 0. The summed E-state index contributed by atoms with van der Waals surface area (Å²) >= 11 is 0. The van der Waals surface area contributed by atoms with Crippen molar-refractivity contribution in [2.75, 3.05) is 18.5 Å². The normalized spacial score (nSPS) is 15.9. The van der Waals surface area contributed by atoms with Crippen molar-refractivity contribution in [2.45, 2.75) is 38.2 Å². The maximum absolute atomic E-state index is 5.81. The molecule has 0 unspecified atom stereocenters. The largest absolute Gasteiger partial charge is 0.378 e. The van der Waals surface area contributed by atoms with Gasteiger partial charge in [0.15, 0.2) is 5.96 Å². The van der Waals surface area contributed by atoms with Crippen LogP contribution in [-0.4, -0.2) is 25.2 Å². The van der Waals surface area contributed by atoms with Crippen molar-refractivity contribution in [3.8, 4) is 0 Å². The van der Waals surface area contributed by atoms with E-state index >= 15 is 0 Å². The van der Waals surface area contributed by atoms with E-state index in [4.69, 9.17) is 10.5 Å². The van der Waals surface area contributed by atoms with Crippen molar-refractivity contribution in [1.29, 1.82) is 0 Å². The summed E-state index contributed by atoms with van der Waals surface area (Å²) in [6.07, 6.45) is 6.49. The smallest absolute Gasteiger partial charge is 0.193 e. The first-order valence-electron chi connectivity index (χ1n) is 7.08. The number of ether oxygens (including phenoxy) is 1. The topological polar surface area (TPSA) is 59.6 Å². The number of benzene rings is 1. The molecule has 5 heteroatoms. The first kappa shape index (κ1) is 17.2. The van der Waals surface area contributed by atoms with E-state index in [1.165, 1.54) is 25.7 Å². The molecule has 3 N–H and O–H groups in total. The Kier molecular flexibility index (Phi) is 8.60. The first-order valence-corrected chi connectivity index (χ1v) is 7.08. The average molecular weight is 389 g/mol. The van der Waals surface area contributed by atoms with E-state index in [9.17, 15) is 0 Å². The number of hydrogen-bond acceptors (Lipinski definition) is 2. The number of anilines is 1. The van der Waals surface area contributed by atoms with Gasteiger partial charge in [0.25, 0.3) is 0 Å². The predicted molar refractivity (Wildman–Crippen MR) is 94.8 cm³/mol. The first-order chi connectivity index (χ1) is 9.34. The number of aliphatic imine (C=N–C) groups is 1. The van der Waals surface area contributed by atoms with Gasteiger partial charge in [-0.05, 0) is 31.4 Å². The van der Waals surface area contributed by atoms with Crippen molar-refractivity contribution >= 4 is 35.6 Å². The number of nitrogens with two attached hydrogens (primary N) is 1. The molecule has 1 fully saturated rings. The molecular weight excluding hydrogens is 365 g/mol. The zero-order valence-electron chi connectivity index (χ0n) is 11.8. The van der Waals surface area contributed by atoms with Crippen molar-refractivity contribution in [2.24, 2.45) is 10.7 Å². The van der Waals surface area contributed by atoms with E-state index in [0.717, 1.165) is 18.7 Å². The lowest BCUT2D eigenvalue weighted by Gasteiger charge is -2.10. The summed E-state index contributed by atoms with van der Waals surface area (Å²) in [4.78, 5) is 4.29. The second-order valence-corrected chi connectivity index (χ2v) is 4.89. The summed E-state index contributed by atoms with van der Waals surface area (Å²) in [6.45, 7) is 1.49. The lowest BCUT2D eigenvalue weighted by Crippen LogP contribution is -2.23. The van der Waals surface area contributed by atoms with Crippen LogP contribution in [0.15, 0.2) is 35.3 Å². The van der Waals surface area contributed by atoms with E-state index in [-0.39, 0.29) is 24.0 Å². The molecule has 1 aromatic carbocycles. The molecular formula is C15H24IN3O. The Labute approximate surface area is 138 Å². The summed E-state index contributed by atoms with van der Waals surface area (Å²) in [7, 11) is 0. The van der Waals surface area contributed by atoms with Crippen molar-refractivity contribution in [3.63, 3.8) is 0 Å². The summed E-state index contributed by atoms with van der Waals surface area (Å²) in [5.74, 6) is 0.465. The van der Waals surface area contributed by atoms with Crippen LogP contribution in [0.4, 0.5) is 5.69 Å². The van der Waals surface area contributed by atoms with Gasteiger partial charge >= 0.3 is 0 Å². The highest BCUT2D eigenvalue weighted by molar-refractivity contribution is 14.0. The quantitative estimate of drug-likeness (QED) is 0.340. The van der Waals surface area contributed by atoms with Crippen LogP contribution in [0.2, 0.25) is 0 Å². The SMILES string of the molecule is I.NC(=NCCCOC1CCCC1)Nc1ccccc1. The highest BCUT2D eigenvalue weighted by Gasteiger charge is 2.14. The molecule has 0 spiro atoms. The molecule has 0 radical (unpaired) electrons. The fraction of sp³-hybridized carbons (Fsp3) is 0.533. The van der Waals surface area contributed by atoms with Gasteiger partial charge in [-0.15, -0.1) is 24.0 Å². The third kappa shape index (κ3) is 6.56. The lowest BCUT2D eigenvalue weighted by atomic mass is 10.3. The van der Waals surface area contributed by atoms with Crippen LogP contribution in [0.5, 0.6) is 0 Å². The summed E-state index contributed by atoms with van der Waals surface area (Å²) in [5, 5.41) is 3.06. The minimum Gasteiger partial charge on any atom is -0.378 e. The Morgan fingerprint density at radius 3 is 2.65 bits per heavy atom. The van der Waals surface area contributed by atoms with Crippen LogP contribution < -0.4 is 11.1 Å². The van der Waals surface area contributed by atoms with Crippen LogP contribution in [-0.2, 0) is 4.74 Å². The number of nitrogens with zero attached hydrogens (tertiary/aromatic N) is 1. The molecule has 20 heavy (non-hydrogen) atoms. The number of guanidine groups is 1. The van der Waals surface area contributed by atoms with Crippen LogP contribution >= 0.6 is 24.0 Å². The maximum atomic E-state index is 5.81. The third-order valence-corrected chi connectivity index (χ3v) is 3.29. The van der Waals surface area contributed by atoms with Gasteiger partial charge in [0.1, 0.15) is 0 Å². The van der Waals surface area contributed by atoms with Crippen molar-refractivity contribution in [3.05, 3.63) is 30.3 Å². The molecule has 0 heterocycles. The number of hydrogen-bond donors (Lipinski definition) is 2. The van der Waals surface area contributed by atoms with Gasteiger partial charge in [0, 0.05) is 18.8 Å². The average Bonchev–Trinajstić information content (AvgIpc) is 2.92. The third-order valence-electron chi connectivity index (χ3n) is 3.29. The Balaban J connectivity index is 0.00000200. The lowest BCUT2D eigenvalue weighted by molar-refractivity contribution is 0.0579. The fourth-order valence-corrected chi connectivity index (χ4v) is 2.28. The van der Waals surface area contributed by atoms with Crippen molar-refractivity contribution in [1.82, 2.24) is 0 Å². The van der Waals surface area contributed by atoms with Gasteiger partial charge in [-0.25, -0.2) is 0 Å². The van der Waals surface area contributed by atoms with Gasteiger partial charge in [-0.2, -0.15) is 0 Å². The molecule has 0 atom stereocenters. The molecule has 4 nitrogen and oxygen atoms in total. The molecule has 112 valence electrons. The molecule has 1 saturated carbocycles. The standard InChI is InChI=1S/C15H23N3O.HI/c16-15(18-13-7-2-1-3-8-13)17-11-6-12-19-14-9-4-5-10-14;/h1-3,7-8,14H,4-6,9-12H2,(H3,16,17,18);1H. The monoisotopic (exact) mass is 389 g/mol. The highest BCUT2D eigenvalue weighted by atomic mass is 127. The Morgan fingerprint density at radius 1 is 1.25 bits per heavy atom. The van der Waals surface area contributed by atoms with E-state index in [2.05, 4.69) is 10.3 Å². The van der Waals surface area contributed by atoms with E-state index < -0.39 is 0 Å². The number of rotatable bonds is 6. The van der Waals surface area contributed by atoms with Gasteiger partial charge in [0.2, 0.25) is 0 Å². The van der Waals surface area contributed by atoms with E-state index in [1.54, 1.807) is 0 Å². The second-order valence-electron chi connectivity index (χ2n) is 4.89. The number of nitrogens with one attached hydrogen (secondary N) is 1. The second kappa shape index (κ2) is 9.99. The summed E-state index contributed by atoms with van der Waals surface area (Å²) in [5.41, 5.74) is 6.77. The molecule has 0 saturated heterocycles. The van der Waals surface area contributed by atoms with Gasteiger partial charge < -0.3 is 15.8 Å². The Bertz CT molecular complexity index is 391. The molecule has 0 amide bonds. The highest BCUT2D eigenvalue weighted by Crippen LogP contribution is 2.20. The zero-order chi connectivity index (χ0) is 13.3. The van der Waals surface area contributed by atoms with E-state index in [1.807, 2.05) is 30.3 Å². The van der Waals surface area contributed by atoms with Gasteiger partial charge in [-0.3, -0.25) is 4.99 Å². The minimum atomic E-state index is 0. The zero-order valence-corrected chi connectivity index (χ0v) is 14.1. The summed E-state index contributed by atoms with van der Waals surface area (Å²) in [6, 6.07) is 9.83. The van der Waals surface area contributed by atoms with Gasteiger partial charge in [0.05, 0.1) is 6.10 Å². The van der Waals surface area contributed by atoms with Crippen LogP contribution in [0.25, 0.3) is 0 Å². The summed E-state index contributed by atoms with van der Waals surface area (Å²) < 4.78 is 5.77. The van der Waals surface area contributed by atoms with Crippen LogP contribution in [0, 0.1) is 0 Å². The fourth-order valence-electron chi connectivity index (χ4n) is 2.28. The molecule has 1 aliphatic carbocycles. The number of halogens is 1. The molecule has 0 aromatic heterocycles. The molecule has 1 aromatic rings. The Morgan fingerprint density at radius 2 is 1.95 bits per heavy atom. The van der Waals surface area contributed by atoms with E-state index in [0.29, 0.717) is 18.6 Å². The predicted octanol–water partition coefficient (Wildman–Crippen LogP) is 3.38. The van der Waals surface area contributed by atoms with Crippen molar-refractivity contribution < 1.29 is 4.74 Å². The molecule has 0 aliphatic heterocycles.